The second-order valence-corrected chi connectivity index (χ2v) is 11.3. The van der Waals surface area contributed by atoms with E-state index < -0.39 is 9.84 Å². The lowest BCUT2D eigenvalue weighted by Crippen LogP contribution is -2.39. The van der Waals surface area contributed by atoms with Crippen molar-refractivity contribution in [2.24, 2.45) is 0 Å². The lowest BCUT2D eigenvalue weighted by molar-refractivity contribution is 0.0980. The van der Waals surface area contributed by atoms with Crippen molar-refractivity contribution >= 4 is 66.6 Å². The van der Waals surface area contributed by atoms with E-state index in [9.17, 15) is 13.2 Å². The van der Waals surface area contributed by atoms with Gasteiger partial charge in [-0.1, -0.05) is 50.3 Å². The molecule has 0 saturated heterocycles. The summed E-state index contributed by atoms with van der Waals surface area (Å²) in [7, 11) is -3.54. The fraction of sp³-hybridized carbons (Fsp3) is 0.391. The highest BCUT2D eigenvalue weighted by molar-refractivity contribution is 7.98. The summed E-state index contributed by atoms with van der Waals surface area (Å²) in [4.78, 5) is 23.6. The monoisotopic (exact) mass is 527 g/mol. The van der Waals surface area contributed by atoms with Crippen molar-refractivity contribution in [3.63, 3.8) is 0 Å². The van der Waals surface area contributed by atoms with Gasteiger partial charge in [0.1, 0.15) is 0 Å². The minimum absolute atomic E-state index is 0. The van der Waals surface area contributed by atoms with Crippen molar-refractivity contribution in [1.82, 2.24) is 9.88 Å². The summed E-state index contributed by atoms with van der Waals surface area (Å²) < 4.78 is 26.3. The molecule has 0 aliphatic rings. The summed E-state index contributed by atoms with van der Waals surface area (Å²) in [5, 5.41) is 0.586. The fourth-order valence-corrected chi connectivity index (χ4v) is 6.20. The second kappa shape index (κ2) is 12.2. The molecule has 0 spiro atoms. The molecule has 6 nitrogen and oxygen atoms in total. The Morgan fingerprint density at radius 3 is 2.36 bits per heavy atom. The van der Waals surface area contributed by atoms with Crippen LogP contribution in [0.2, 0.25) is 0 Å². The molecule has 0 bridgehead atoms. The van der Waals surface area contributed by atoms with E-state index in [-0.39, 0.29) is 34.5 Å². The Morgan fingerprint density at radius 1 is 1.03 bits per heavy atom. The van der Waals surface area contributed by atoms with Crippen LogP contribution in [0.25, 0.3) is 10.2 Å². The molecule has 3 rings (SSSR count). The van der Waals surface area contributed by atoms with Crippen molar-refractivity contribution in [1.29, 1.82) is 0 Å². The lowest BCUT2D eigenvalue weighted by atomic mass is 10.2. The first-order valence-corrected chi connectivity index (χ1v) is 14.3. The number of amides is 1. The quantitative estimate of drug-likeness (QED) is 0.336. The van der Waals surface area contributed by atoms with Gasteiger partial charge >= 0.3 is 0 Å². The molecule has 1 aromatic heterocycles. The second-order valence-electron chi connectivity index (χ2n) is 7.19. The minimum Gasteiger partial charge on any atom is -0.302 e. The average molecular weight is 528 g/mol. The Kier molecular flexibility index (Phi) is 10.2. The first-order valence-electron chi connectivity index (χ1n) is 10.7. The van der Waals surface area contributed by atoms with Crippen molar-refractivity contribution in [2.75, 3.05) is 43.1 Å². The van der Waals surface area contributed by atoms with E-state index in [0.29, 0.717) is 18.2 Å². The Morgan fingerprint density at radius 2 is 1.73 bits per heavy atom. The molecule has 1 heterocycles. The molecular formula is C23H30ClN3O3S3. The van der Waals surface area contributed by atoms with Gasteiger partial charge in [0, 0.05) is 18.0 Å². The molecule has 0 atom stereocenters. The third-order valence-corrected chi connectivity index (χ3v) is 9.03. The summed E-state index contributed by atoms with van der Waals surface area (Å²) in [5.41, 5.74) is 1.06. The first-order chi connectivity index (χ1) is 15.4. The highest BCUT2D eigenvalue weighted by atomic mass is 35.5. The predicted molar refractivity (Wildman–Crippen MR) is 142 cm³/mol. The molecule has 0 aliphatic heterocycles. The Labute approximate surface area is 210 Å². The zero-order valence-electron chi connectivity index (χ0n) is 19.3. The number of thioether (sulfide) groups is 1. The Hall–Kier alpha value is -1.65. The molecule has 1 amide bonds. The molecule has 3 aromatic rings. The number of nitrogens with zero attached hydrogens (tertiary/aromatic N) is 3. The molecule has 0 saturated carbocycles. The molecule has 33 heavy (non-hydrogen) atoms. The van der Waals surface area contributed by atoms with Crippen molar-refractivity contribution < 1.29 is 13.2 Å². The number of carbonyl (C=O) groups is 1. The topological polar surface area (TPSA) is 70.6 Å². The minimum atomic E-state index is -3.54. The number of hydrogen-bond donors (Lipinski definition) is 0. The van der Waals surface area contributed by atoms with Gasteiger partial charge in [-0.2, -0.15) is 0 Å². The van der Waals surface area contributed by atoms with E-state index in [0.717, 1.165) is 28.2 Å². The summed E-state index contributed by atoms with van der Waals surface area (Å²) in [5.74, 6) is -0.399. The number of fused-ring (bicyclic) bond motifs is 1. The number of likely N-dealkylation sites (N-methyl/N-ethyl adjacent to an activating group) is 1. The zero-order valence-corrected chi connectivity index (χ0v) is 22.5. The van der Waals surface area contributed by atoms with Gasteiger partial charge in [0.2, 0.25) is 0 Å². The number of aromatic nitrogens is 1. The van der Waals surface area contributed by atoms with Gasteiger partial charge < -0.3 is 4.90 Å². The molecule has 0 fully saturated rings. The first kappa shape index (κ1) is 27.6. The Balaban J connectivity index is 0.00000385. The molecule has 2 aromatic carbocycles. The lowest BCUT2D eigenvalue weighted by Gasteiger charge is -2.25. The normalized spacial score (nSPS) is 11.5. The van der Waals surface area contributed by atoms with E-state index in [4.69, 9.17) is 4.98 Å². The van der Waals surface area contributed by atoms with E-state index >= 15 is 0 Å². The summed E-state index contributed by atoms with van der Waals surface area (Å²) in [6.45, 7) is 8.60. The van der Waals surface area contributed by atoms with E-state index in [2.05, 4.69) is 18.7 Å². The van der Waals surface area contributed by atoms with Crippen LogP contribution in [-0.4, -0.2) is 62.4 Å². The average Bonchev–Trinajstić information content (AvgIpc) is 3.25. The SMILES string of the molecule is CCN(CC)CCN(C(=O)c1ccccc1S(=O)(=O)CC)c1nc2c(SC)cccc2s1.Cl. The Bertz CT molecular complexity index is 1190. The molecule has 0 N–H and O–H groups in total. The molecule has 0 unspecified atom stereocenters. The van der Waals surface area contributed by atoms with Gasteiger partial charge in [-0.15, -0.1) is 24.2 Å². The van der Waals surface area contributed by atoms with Gasteiger partial charge in [-0.3, -0.25) is 9.69 Å². The summed E-state index contributed by atoms with van der Waals surface area (Å²) >= 11 is 3.07. The van der Waals surface area contributed by atoms with Crippen LogP contribution in [-0.2, 0) is 9.84 Å². The molecular weight excluding hydrogens is 498 g/mol. The largest absolute Gasteiger partial charge is 0.302 e. The van der Waals surface area contributed by atoms with E-state index in [1.165, 1.54) is 17.4 Å². The van der Waals surface area contributed by atoms with Crippen molar-refractivity contribution in [3.8, 4) is 0 Å². The number of halogens is 1. The third-order valence-electron chi connectivity index (χ3n) is 5.43. The van der Waals surface area contributed by atoms with Crippen LogP contribution in [0.3, 0.4) is 0 Å². The maximum Gasteiger partial charge on any atom is 0.261 e. The summed E-state index contributed by atoms with van der Waals surface area (Å²) in [6.07, 6.45) is 2.00. The predicted octanol–water partition coefficient (Wildman–Crippen LogP) is 5.22. The van der Waals surface area contributed by atoms with E-state index in [1.807, 2.05) is 24.5 Å². The highest BCUT2D eigenvalue weighted by Crippen LogP contribution is 2.35. The van der Waals surface area contributed by atoms with Gasteiger partial charge in [-0.05, 0) is 43.6 Å². The standard InChI is InChI=1S/C23H29N3O3S3.ClH/c1-5-25(6-2)15-16-26(23-24-21-18(30-4)12-10-13-19(21)31-23)22(27)17-11-8-9-14-20(17)32(28,29)7-3;/h8-14H,5-7,15-16H2,1-4H3;1H. The van der Waals surface area contributed by atoms with Crippen molar-refractivity contribution in [3.05, 3.63) is 48.0 Å². The van der Waals surface area contributed by atoms with E-state index in [1.54, 1.807) is 41.8 Å². The van der Waals surface area contributed by atoms with Gasteiger partial charge in [-0.25, -0.2) is 13.4 Å². The number of para-hydroxylation sites is 1. The maximum absolute atomic E-state index is 13.8. The number of sulfone groups is 1. The molecule has 180 valence electrons. The zero-order chi connectivity index (χ0) is 23.3. The molecule has 0 aliphatic carbocycles. The van der Waals surface area contributed by atoms with Crippen LogP contribution in [0, 0.1) is 0 Å². The number of carbonyl (C=O) groups excluding carboxylic acids is 1. The summed E-state index contributed by atoms with van der Waals surface area (Å²) in [6, 6.07) is 12.5. The van der Waals surface area contributed by atoms with Gasteiger partial charge in [0.15, 0.2) is 15.0 Å². The number of anilines is 1. The number of benzene rings is 2. The smallest absolute Gasteiger partial charge is 0.261 e. The van der Waals surface area contributed by atoms with Crippen LogP contribution < -0.4 is 4.90 Å². The van der Waals surface area contributed by atoms with Crippen LogP contribution in [0.5, 0.6) is 0 Å². The number of rotatable bonds is 10. The van der Waals surface area contributed by atoms with Crippen LogP contribution >= 0.6 is 35.5 Å². The maximum atomic E-state index is 13.8. The van der Waals surface area contributed by atoms with Crippen LogP contribution in [0.15, 0.2) is 52.3 Å². The van der Waals surface area contributed by atoms with Crippen molar-refractivity contribution in [2.45, 2.75) is 30.6 Å². The van der Waals surface area contributed by atoms with Crippen LogP contribution in [0.1, 0.15) is 31.1 Å². The third kappa shape index (κ3) is 6.08. The molecule has 0 radical (unpaired) electrons. The number of thiazole rings is 1. The van der Waals surface area contributed by atoms with Gasteiger partial charge in [0.05, 0.1) is 26.4 Å². The molecule has 10 heteroatoms. The fourth-order valence-electron chi connectivity index (χ4n) is 3.47. The highest BCUT2D eigenvalue weighted by Gasteiger charge is 2.27. The van der Waals surface area contributed by atoms with Gasteiger partial charge in [0.25, 0.3) is 5.91 Å². The van der Waals surface area contributed by atoms with Crippen LogP contribution in [0.4, 0.5) is 5.13 Å². The number of hydrogen-bond acceptors (Lipinski definition) is 7.